The molecule has 136 valence electrons. The Morgan fingerprint density at radius 2 is 2.12 bits per heavy atom. The maximum Gasteiger partial charge on any atom is 0.227 e. The molecule has 1 aliphatic carbocycles. The second kappa shape index (κ2) is 7.32. The number of benzene rings is 1. The predicted octanol–water partition coefficient (Wildman–Crippen LogP) is 2.38. The van der Waals surface area contributed by atoms with Crippen LogP contribution >= 0.6 is 0 Å². The zero-order chi connectivity index (χ0) is 17.9. The Labute approximate surface area is 153 Å². The van der Waals surface area contributed by atoms with E-state index in [-0.39, 0.29) is 5.91 Å². The van der Waals surface area contributed by atoms with Crippen LogP contribution in [0.5, 0.6) is 5.75 Å². The molecule has 2 heterocycles. The van der Waals surface area contributed by atoms with Gasteiger partial charge < -0.3 is 15.0 Å². The molecule has 1 saturated heterocycles. The molecular weight excluding hydrogens is 328 g/mol. The average molecular weight is 352 g/mol. The summed E-state index contributed by atoms with van der Waals surface area (Å²) in [5.74, 6) is 2.84. The standard InChI is InChI=1S/C20H24N4O2/c1-26-18-6-3-2-5-14(18)11-20(25)24-12-15-8-9-17(16(15)13-24)22-19-7-4-10-21-23-19/h2-7,10,15-17H,8-9,11-13H2,1H3,(H,22,23)/t15-,16+,17-/m1/s1. The number of fused-ring (bicyclic) bond motifs is 1. The Morgan fingerprint density at radius 1 is 1.23 bits per heavy atom. The Bertz CT molecular complexity index is 767. The molecule has 0 radical (unpaired) electrons. The number of carbonyl (C=O) groups is 1. The van der Waals surface area contributed by atoms with Crippen LogP contribution < -0.4 is 10.1 Å². The van der Waals surface area contributed by atoms with Crippen LogP contribution in [0.15, 0.2) is 42.6 Å². The van der Waals surface area contributed by atoms with Crippen molar-refractivity contribution in [2.24, 2.45) is 11.8 Å². The number of likely N-dealkylation sites (tertiary alicyclic amines) is 1. The van der Waals surface area contributed by atoms with E-state index in [1.807, 2.05) is 41.3 Å². The van der Waals surface area contributed by atoms with Gasteiger partial charge in [-0.05, 0) is 37.0 Å². The highest BCUT2D eigenvalue weighted by Gasteiger charge is 2.44. The van der Waals surface area contributed by atoms with E-state index >= 15 is 0 Å². The molecule has 1 amide bonds. The van der Waals surface area contributed by atoms with Crippen LogP contribution in [-0.2, 0) is 11.2 Å². The number of anilines is 1. The quantitative estimate of drug-likeness (QED) is 0.895. The van der Waals surface area contributed by atoms with Crippen molar-refractivity contribution in [3.63, 3.8) is 0 Å². The Kier molecular flexibility index (Phi) is 4.73. The van der Waals surface area contributed by atoms with Crippen LogP contribution in [0.2, 0.25) is 0 Å². The van der Waals surface area contributed by atoms with Crippen molar-refractivity contribution in [2.45, 2.75) is 25.3 Å². The van der Waals surface area contributed by atoms with E-state index in [4.69, 9.17) is 4.74 Å². The minimum atomic E-state index is 0.183. The minimum Gasteiger partial charge on any atom is -0.496 e. The number of methoxy groups -OCH3 is 1. The molecule has 1 saturated carbocycles. The first-order valence-electron chi connectivity index (χ1n) is 9.18. The third-order valence-electron chi connectivity index (χ3n) is 5.65. The highest BCUT2D eigenvalue weighted by molar-refractivity contribution is 5.80. The molecular formula is C20H24N4O2. The van der Waals surface area contributed by atoms with Gasteiger partial charge in [0.2, 0.25) is 5.91 Å². The first-order chi connectivity index (χ1) is 12.7. The van der Waals surface area contributed by atoms with E-state index in [0.29, 0.717) is 24.3 Å². The van der Waals surface area contributed by atoms with E-state index < -0.39 is 0 Å². The summed E-state index contributed by atoms with van der Waals surface area (Å²) in [6.07, 6.45) is 4.35. The fourth-order valence-corrected chi connectivity index (χ4v) is 4.34. The van der Waals surface area contributed by atoms with Gasteiger partial charge in [-0.3, -0.25) is 4.79 Å². The number of aromatic nitrogens is 2. The molecule has 4 rings (SSSR count). The van der Waals surface area contributed by atoms with Crippen LogP contribution in [0.25, 0.3) is 0 Å². The number of carbonyl (C=O) groups excluding carboxylic acids is 1. The Hall–Kier alpha value is -2.63. The van der Waals surface area contributed by atoms with Gasteiger partial charge in [0, 0.05) is 36.8 Å². The highest BCUT2D eigenvalue weighted by Crippen LogP contribution is 2.39. The number of hydrogen-bond donors (Lipinski definition) is 1. The predicted molar refractivity (Wildman–Crippen MR) is 98.9 cm³/mol. The molecule has 6 nitrogen and oxygen atoms in total. The fraction of sp³-hybridized carbons (Fsp3) is 0.450. The molecule has 0 bridgehead atoms. The van der Waals surface area contributed by atoms with Crippen molar-refractivity contribution >= 4 is 11.7 Å². The number of amides is 1. The van der Waals surface area contributed by atoms with Gasteiger partial charge in [-0.15, -0.1) is 5.10 Å². The molecule has 1 aliphatic heterocycles. The fourth-order valence-electron chi connectivity index (χ4n) is 4.34. The van der Waals surface area contributed by atoms with Gasteiger partial charge in [0.25, 0.3) is 0 Å². The summed E-state index contributed by atoms with van der Waals surface area (Å²) in [6, 6.07) is 11.9. The monoisotopic (exact) mass is 352 g/mol. The van der Waals surface area contributed by atoms with Crippen molar-refractivity contribution < 1.29 is 9.53 Å². The van der Waals surface area contributed by atoms with E-state index in [0.717, 1.165) is 43.1 Å². The van der Waals surface area contributed by atoms with Gasteiger partial charge >= 0.3 is 0 Å². The van der Waals surface area contributed by atoms with Crippen LogP contribution in [0, 0.1) is 11.8 Å². The lowest BCUT2D eigenvalue weighted by atomic mass is 9.98. The molecule has 26 heavy (non-hydrogen) atoms. The van der Waals surface area contributed by atoms with Gasteiger partial charge in [0.05, 0.1) is 13.5 Å². The zero-order valence-corrected chi connectivity index (χ0v) is 15.0. The number of hydrogen-bond acceptors (Lipinski definition) is 5. The lowest BCUT2D eigenvalue weighted by molar-refractivity contribution is -0.129. The average Bonchev–Trinajstić information content (AvgIpc) is 3.25. The molecule has 2 aromatic rings. The number of para-hydroxylation sites is 1. The van der Waals surface area contributed by atoms with Crippen molar-refractivity contribution in [3.8, 4) is 5.75 Å². The molecule has 0 spiro atoms. The number of ether oxygens (including phenoxy) is 1. The van der Waals surface area contributed by atoms with Gasteiger partial charge in [-0.1, -0.05) is 18.2 Å². The molecule has 0 unspecified atom stereocenters. The van der Waals surface area contributed by atoms with Crippen LogP contribution in [0.3, 0.4) is 0 Å². The minimum absolute atomic E-state index is 0.183. The van der Waals surface area contributed by atoms with Gasteiger partial charge in [0.15, 0.2) is 0 Å². The van der Waals surface area contributed by atoms with Crippen molar-refractivity contribution in [3.05, 3.63) is 48.2 Å². The summed E-state index contributed by atoms with van der Waals surface area (Å²) in [4.78, 5) is 14.8. The Balaban J connectivity index is 1.39. The second-order valence-corrected chi connectivity index (χ2v) is 7.15. The van der Waals surface area contributed by atoms with Gasteiger partial charge in [-0.2, -0.15) is 5.10 Å². The SMILES string of the molecule is COc1ccccc1CC(=O)N1C[C@H]2CC[C@@H](Nc3cccnn3)[C@H]2C1. The Morgan fingerprint density at radius 3 is 2.92 bits per heavy atom. The van der Waals surface area contributed by atoms with Crippen LogP contribution in [-0.4, -0.2) is 47.2 Å². The molecule has 1 aromatic carbocycles. The van der Waals surface area contributed by atoms with Crippen LogP contribution in [0.4, 0.5) is 5.82 Å². The van der Waals surface area contributed by atoms with E-state index in [1.54, 1.807) is 13.3 Å². The molecule has 2 fully saturated rings. The van der Waals surface area contributed by atoms with E-state index in [1.165, 1.54) is 0 Å². The third kappa shape index (κ3) is 3.36. The first-order valence-corrected chi connectivity index (χ1v) is 9.18. The summed E-state index contributed by atoms with van der Waals surface area (Å²) in [5, 5.41) is 11.6. The summed E-state index contributed by atoms with van der Waals surface area (Å²) in [5.41, 5.74) is 0.950. The lowest BCUT2D eigenvalue weighted by Gasteiger charge is -2.22. The largest absolute Gasteiger partial charge is 0.496 e. The topological polar surface area (TPSA) is 67.3 Å². The number of rotatable bonds is 5. The second-order valence-electron chi connectivity index (χ2n) is 7.15. The summed E-state index contributed by atoms with van der Waals surface area (Å²) in [6.45, 7) is 1.67. The summed E-state index contributed by atoms with van der Waals surface area (Å²) in [7, 11) is 1.65. The molecule has 1 N–H and O–H groups in total. The highest BCUT2D eigenvalue weighted by atomic mass is 16.5. The van der Waals surface area contributed by atoms with Crippen molar-refractivity contribution in [1.82, 2.24) is 15.1 Å². The maximum absolute atomic E-state index is 12.8. The molecule has 2 aliphatic rings. The van der Waals surface area contributed by atoms with Gasteiger partial charge in [-0.25, -0.2) is 0 Å². The first kappa shape index (κ1) is 16.8. The number of nitrogens with zero attached hydrogens (tertiary/aromatic N) is 3. The van der Waals surface area contributed by atoms with Crippen molar-refractivity contribution in [1.29, 1.82) is 0 Å². The van der Waals surface area contributed by atoms with Crippen molar-refractivity contribution in [2.75, 3.05) is 25.5 Å². The molecule has 6 heteroatoms. The number of nitrogens with one attached hydrogen (secondary N) is 1. The smallest absolute Gasteiger partial charge is 0.227 e. The maximum atomic E-state index is 12.8. The molecule has 1 aromatic heterocycles. The molecule has 3 atom stereocenters. The van der Waals surface area contributed by atoms with Gasteiger partial charge in [0.1, 0.15) is 11.6 Å². The lowest BCUT2D eigenvalue weighted by Crippen LogP contribution is -2.34. The van der Waals surface area contributed by atoms with E-state index in [2.05, 4.69) is 15.5 Å². The zero-order valence-electron chi connectivity index (χ0n) is 15.0. The van der Waals surface area contributed by atoms with Crippen LogP contribution in [0.1, 0.15) is 18.4 Å². The normalized spacial score (nSPS) is 24.3. The summed E-state index contributed by atoms with van der Waals surface area (Å²) >= 11 is 0. The third-order valence-corrected chi connectivity index (χ3v) is 5.65. The summed E-state index contributed by atoms with van der Waals surface area (Å²) < 4.78 is 5.37. The van der Waals surface area contributed by atoms with E-state index in [9.17, 15) is 4.79 Å².